The van der Waals surface area contributed by atoms with Crippen LogP contribution in [0.15, 0.2) is 53.7 Å². The van der Waals surface area contributed by atoms with Crippen LogP contribution in [0.25, 0.3) is 0 Å². The van der Waals surface area contributed by atoms with Gasteiger partial charge in [0.15, 0.2) is 5.96 Å². The Labute approximate surface area is 202 Å². The summed E-state index contributed by atoms with van der Waals surface area (Å²) in [7, 11) is 3.51. The Balaban J connectivity index is 0.00000341. The van der Waals surface area contributed by atoms with E-state index < -0.39 is 0 Å². The van der Waals surface area contributed by atoms with Crippen LogP contribution in [0.1, 0.15) is 17.5 Å². The van der Waals surface area contributed by atoms with Crippen molar-refractivity contribution in [2.75, 3.05) is 47.1 Å². The number of aliphatic imine (C=N–C) groups is 1. The van der Waals surface area contributed by atoms with Gasteiger partial charge in [-0.3, -0.25) is 4.99 Å². The fourth-order valence-corrected chi connectivity index (χ4v) is 3.47. The summed E-state index contributed by atoms with van der Waals surface area (Å²) in [6.45, 7) is 5.06. The van der Waals surface area contributed by atoms with Gasteiger partial charge in [0.2, 0.25) is 5.88 Å². The predicted octanol–water partition coefficient (Wildman–Crippen LogP) is 3.34. The quantitative estimate of drug-likeness (QED) is 0.216. The molecule has 0 amide bonds. The van der Waals surface area contributed by atoms with Crippen molar-refractivity contribution in [3.8, 4) is 5.88 Å². The molecule has 0 radical (unpaired) electrons. The number of benzene rings is 1. The van der Waals surface area contributed by atoms with Crippen molar-refractivity contribution in [2.45, 2.75) is 19.6 Å². The molecule has 1 N–H and O–H groups in total. The largest absolute Gasteiger partial charge is 0.473 e. The maximum absolute atomic E-state index is 5.96. The van der Waals surface area contributed by atoms with Crippen LogP contribution in [-0.4, -0.2) is 62.9 Å². The lowest BCUT2D eigenvalue weighted by molar-refractivity contribution is 0.0536. The summed E-state index contributed by atoms with van der Waals surface area (Å²) in [5, 5.41) is 3.46. The average molecular weight is 540 g/mol. The number of halogens is 1. The van der Waals surface area contributed by atoms with Gasteiger partial charge < -0.3 is 24.4 Å². The van der Waals surface area contributed by atoms with Crippen molar-refractivity contribution in [3.63, 3.8) is 0 Å². The van der Waals surface area contributed by atoms with Gasteiger partial charge in [0.1, 0.15) is 6.61 Å². The molecule has 7 nitrogen and oxygen atoms in total. The first-order chi connectivity index (χ1) is 14.8. The summed E-state index contributed by atoms with van der Waals surface area (Å²) in [5.74, 6) is 2.06. The lowest BCUT2D eigenvalue weighted by Crippen LogP contribution is -2.40. The number of methoxy groups -OCH3 is 1. The van der Waals surface area contributed by atoms with Crippen LogP contribution in [0, 0.1) is 5.92 Å². The minimum absolute atomic E-state index is 0. The smallest absolute Gasteiger partial charge is 0.218 e. The minimum atomic E-state index is 0. The second kappa shape index (κ2) is 14.2. The zero-order chi connectivity index (χ0) is 21.0. The molecule has 1 aliphatic heterocycles. The molecule has 2 aromatic rings. The SMILES string of the molecule is CN=C(NCc1cccnc1OCc1ccccc1)N1CCC(COCCOC)C1.I. The van der Waals surface area contributed by atoms with Crippen molar-refractivity contribution in [2.24, 2.45) is 10.9 Å². The van der Waals surface area contributed by atoms with Crippen LogP contribution in [0.3, 0.4) is 0 Å². The maximum Gasteiger partial charge on any atom is 0.218 e. The number of ether oxygens (including phenoxy) is 3. The Kier molecular flexibility index (Phi) is 11.6. The molecule has 0 saturated carbocycles. The molecule has 0 aliphatic carbocycles. The van der Waals surface area contributed by atoms with Crippen LogP contribution in [-0.2, 0) is 22.6 Å². The Morgan fingerprint density at radius 2 is 2.03 bits per heavy atom. The van der Waals surface area contributed by atoms with Gasteiger partial charge in [0.25, 0.3) is 0 Å². The number of nitrogens with zero attached hydrogens (tertiary/aromatic N) is 3. The van der Waals surface area contributed by atoms with E-state index in [-0.39, 0.29) is 24.0 Å². The number of hydrogen-bond acceptors (Lipinski definition) is 5. The number of nitrogens with one attached hydrogen (secondary N) is 1. The van der Waals surface area contributed by atoms with Gasteiger partial charge in [-0.1, -0.05) is 36.4 Å². The van der Waals surface area contributed by atoms with E-state index in [1.165, 1.54) is 0 Å². The van der Waals surface area contributed by atoms with Crippen LogP contribution >= 0.6 is 24.0 Å². The van der Waals surface area contributed by atoms with Gasteiger partial charge in [-0.25, -0.2) is 4.98 Å². The van der Waals surface area contributed by atoms with Gasteiger partial charge >= 0.3 is 0 Å². The normalized spacial score (nSPS) is 16.1. The van der Waals surface area contributed by atoms with E-state index in [9.17, 15) is 0 Å². The third-order valence-electron chi connectivity index (χ3n) is 5.09. The number of likely N-dealkylation sites (tertiary alicyclic amines) is 1. The van der Waals surface area contributed by atoms with Crippen LogP contribution in [0.4, 0.5) is 0 Å². The molecule has 1 atom stereocenters. The highest BCUT2D eigenvalue weighted by molar-refractivity contribution is 14.0. The molecule has 0 bridgehead atoms. The van der Waals surface area contributed by atoms with Gasteiger partial charge in [0, 0.05) is 51.5 Å². The molecule has 170 valence electrons. The topological polar surface area (TPSA) is 68.2 Å². The van der Waals surface area contributed by atoms with Crippen LogP contribution < -0.4 is 10.1 Å². The highest BCUT2D eigenvalue weighted by atomic mass is 127. The molecule has 1 fully saturated rings. The molecule has 1 unspecified atom stereocenters. The summed E-state index contributed by atoms with van der Waals surface area (Å²) in [6, 6.07) is 14.1. The predicted molar refractivity (Wildman–Crippen MR) is 133 cm³/mol. The standard InChI is InChI=1S/C23H32N4O3.HI/c1-24-23(27-12-10-20(16-27)17-29-14-13-28-2)26-15-21-9-6-11-25-22(21)30-18-19-7-4-3-5-8-19;/h3-9,11,20H,10,12-18H2,1-2H3,(H,24,26);1H. The fourth-order valence-electron chi connectivity index (χ4n) is 3.47. The van der Waals surface area contributed by atoms with E-state index in [0.717, 1.165) is 43.2 Å². The molecule has 1 aliphatic rings. The van der Waals surface area contributed by atoms with E-state index in [0.29, 0.717) is 38.2 Å². The summed E-state index contributed by atoms with van der Waals surface area (Å²) in [6.07, 6.45) is 2.86. The average Bonchev–Trinajstić information content (AvgIpc) is 3.26. The van der Waals surface area contributed by atoms with Crippen molar-refractivity contribution < 1.29 is 14.2 Å². The second-order valence-corrected chi connectivity index (χ2v) is 7.31. The third-order valence-corrected chi connectivity index (χ3v) is 5.09. The summed E-state index contributed by atoms with van der Waals surface area (Å²) in [5.41, 5.74) is 2.13. The first-order valence-electron chi connectivity index (χ1n) is 10.4. The van der Waals surface area contributed by atoms with Crippen molar-refractivity contribution in [1.29, 1.82) is 0 Å². The Morgan fingerprint density at radius 1 is 1.19 bits per heavy atom. The highest BCUT2D eigenvalue weighted by Crippen LogP contribution is 2.18. The number of aromatic nitrogens is 1. The molecular formula is C23H33IN4O3. The maximum atomic E-state index is 5.96. The fraction of sp³-hybridized carbons (Fsp3) is 0.478. The Bertz CT molecular complexity index is 791. The van der Waals surface area contributed by atoms with Crippen LogP contribution in [0.2, 0.25) is 0 Å². The first-order valence-corrected chi connectivity index (χ1v) is 10.4. The number of rotatable bonds is 10. The van der Waals surface area contributed by atoms with Gasteiger partial charge in [-0.05, 0) is 18.1 Å². The lowest BCUT2D eigenvalue weighted by Gasteiger charge is -2.22. The van der Waals surface area contributed by atoms with Gasteiger partial charge in [-0.2, -0.15) is 0 Å². The van der Waals surface area contributed by atoms with E-state index in [2.05, 4.69) is 20.2 Å². The Morgan fingerprint density at radius 3 is 2.81 bits per heavy atom. The number of pyridine rings is 1. The first kappa shape index (κ1) is 25.4. The summed E-state index contributed by atoms with van der Waals surface area (Å²) < 4.78 is 16.7. The monoisotopic (exact) mass is 540 g/mol. The minimum Gasteiger partial charge on any atom is -0.473 e. The van der Waals surface area contributed by atoms with Crippen LogP contribution in [0.5, 0.6) is 5.88 Å². The summed E-state index contributed by atoms with van der Waals surface area (Å²) >= 11 is 0. The zero-order valence-corrected chi connectivity index (χ0v) is 20.7. The number of hydrogen-bond donors (Lipinski definition) is 1. The molecule has 0 spiro atoms. The van der Waals surface area contributed by atoms with Gasteiger partial charge in [0.05, 0.1) is 19.8 Å². The van der Waals surface area contributed by atoms with E-state index >= 15 is 0 Å². The van der Waals surface area contributed by atoms with E-state index in [1.54, 1.807) is 13.3 Å². The van der Waals surface area contributed by atoms with Gasteiger partial charge in [-0.15, -0.1) is 24.0 Å². The molecule has 1 aromatic heterocycles. The van der Waals surface area contributed by atoms with Crippen molar-refractivity contribution >= 4 is 29.9 Å². The summed E-state index contributed by atoms with van der Waals surface area (Å²) in [4.78, 5) is 11.2. The molecular weight excluding hydrogens is 507 g/mol. The molecule has 8 heteroatoms. The molecule has 31 heavy (non-hydrogen) atoms. The second-order valence-electron chi connectivity index (χ2n) is 7.31. The molecule has 2 heterocycles. The highest BCUT2D eigenvalue weighted by Gasteiger charge is 2.25. The van der Waals surface area contributed by atoms with Crippen molar-refractivity contribution in [1.82, 2.24) is 15.2 Å². The van der Waals surface area contributed by atoms with E-state index in [4.69, 9.17) is 14.2 Å². The molecule has 3 rings (SSSR count). The van der Waals surface area contributed by atoms with E-state index in [1.807, 2.05) is 49.5 Å². The number of guanidine groups is 1. The third kappa shape index (κ3) is 8.27. The molecule has 1 aromatic carbocycles. The van der Waals surface area contributed by atoms with Crippen molar-refractivity contribution in [3.05, 3.63) is 59.8 Å². The Hall–Kier alpha value is -1.91. The zero-order valence-electron chi connectivity index (χ0n) is 18.3. The molecule has 1 saturated heterocycles. The lowest BCUT2D eigenvalue weighted by atomic mass is 10.1.